The van der Waals surface area contributed by atoms with Gasteiger partial charge in [-0.1, -0.05) is 24.6 Å². The molecule has 4 nitrogen and oxygen atoms in total. The monoisotopic (exact) mass is 357 g/mol. The first-order chi connectivity index (χ1) is 11.9. The number of hydrogen-bond donors (Lipinski definition) is 0. The summed E-state index contributed by atoms with van der Waals surface area (Å²) in [4.78, 5) is 12.3. The molecule has 0 bridgehead atoms. The Morgan fingerprint density at radius 2 is 1.88 bits per heavy atom. The summed E-state index contributed by atoms with van der Waals surface area (Å²) >= 11 is 0. The maximum atomic E-state index is 13.1. The number of allylic oxidation sites excluding steroid dienone is 2. The van der Waals surface area contributed by atoms with Crippen LogP contribution in [-0.4, -0.2) is 18.2 Å². The number of hydrogen-bond acceptors (Lipinski definition) is 3. The van der Waals surface area contributed by atoms with Crippen LogP contribution in [0.25, 0.3) is 5.57 Å². The highest BCUT2D eigenvalue weighted by Gasteiger charge is 2.26. The second kappa shape index (κ2) is 7.00. The maximum Gasteiger partial charge on any atom is 0.268 e. The zero-order valence-corrected chi connectivity index (χ0v) is 15.5. The van der Waals surface area contributed by atoms with Crippen molar-refractivity contribution in [2.45, 2.75) is 50.8 Å². The molecule has 25 heavy (non-hydrogen) atoms. The molecule has 2 aromatic rings. The lowest BCUT2D eigenvalue weighted by Gasteiger charge is -2.19. The minimum absolute atomic E-state index is 0.0610. The Balaban J connectivity index is 2.09. The van der Waals surface area contributed by atoms with Gasteiger partial charge in [-0.25, -0.2) is 12.4 Å². The van der Waals surface area contributed by atoms with Gasteiger partial charge in [0.15, 0.2) is 5.78 Å². The Bertz CT molecular complexity index is 918. The quantitative estimate of drug-likeness (QED) is 0.756. The number of aryl methyl sites for hydroxylation is 2. The normalized spacial score (nSPS) is 16.0. The summed E-state index contributed by atoms with van der Waals surface area (Å²) in [6.45, 7) is 3.89. The Hall–Kier alpha value is -2.14. The van der Waals surface area contributed by atoms with E-state index >= 15 is 0 Å². The van der Waals surface area contributed by atoms with Gasteiger partial charge in [0.2, 0.25) is 0 Å². The lowest BCUT2D eigenvalue weighted by atomic mass is 9.92. The molecule has 132 valence electrons. The Morgan fingerprint density at radius 3 is 2.56 bits per heavy atom. The lowest BCUT2D eigenvalue weighted by Crippen LogP contribution is -2.17. The lowest BCUT2D eigenvalue weighted by molar-refractivity contribution is -0.114. The highest BCUT2D eigenvalue weighted by Crippen LogP contribution is 2.34. The minimum Gasteiger partial charge on any atom is -0.295 e. The molecule has 0 N–H and O–H groups in total. The molecule has 0 saturated heterocycles. The molecule has 1 aromatic carbocycles. The van der Waals surface area contributed by atoms with Crippen LogP contribution < -0.4 is 0 Å². The topological polar surface area (TPSA) is 56.1 Å². The van der Waals surface area contributed by atoms with Gasteiger partial charge in [0.25, 0.3) is 10.0 Å². The average Bonchev–Trinajstić information content (AvgIpc) is 3.01. The van der Waals surface area contributed by atoms with Gasteiger partial charge in [-0.15, -0.1) is 0 Å². The maximum absolute atomic E-state index is 13.1. The molecule has 0 radical (unpaired) electrons. The predicted molar refractivity (Wildman–Crippen MR) is 99.0 cm³/mol. The number of carbonyl (C=O) groups is 1. The van der Waals surface area contributed by atoms with Crippen molar-refractivity contribution < 1.29 is 13.2 Å². The van der Waals surface area contributed by atoms with Crippen LogP contribution in [0.2, 0.25) is 0 Å². The smallest absolute Gasteiger partial charge is 0.268 e. The van der Waals surface area contributed by atoms with Crippen molar-refractivity contribution in [1.82, 2.24) is 3.97 Å². The van der Waals surface area contributed by atoms with Crippen molar-refractivity contribution in [2.24, 2.45) is 0 Å². The third-order valence-electron chi connectivity index (χ3n) is 4.54. The summed E-state index contributed by atoms with van der Waals surface area (Å²) in [6.07, 6.45) is 7.04. The molecule has 1 heterocycles. The molecule has 0 fully saturated rings. The number of carbonyl (C=O) groups excluding carboxylic acids is 1. The fourth-order valence-corrected chi connectivity index (χ4v) is 4.67. The van der Waals surface area contributed by atoms with Crippen molar-refractivity contribution >= 4 is 21.4 Å². The van der Waals surface area contributed by atoms with Gasteiger partial charge >= 0.3 is 0 Å². The number of ketones is 1. The van der Waals surface area contributed by atoms with Crippen LogP contribution in [0.4, 0.5) is 0 Å². The van der Waals surface area contributed by atoms with E-state index in [2.05, 4.69) is 0 Å². The second-order valence-electron chi connectivity index (χ2n) is 6.54. The number of rotatable bonds is 5. The van der Waals surface area contributed by atoms with Crippen molar-refractivity contribution in [3.05, 3.63) is 59.4 Å². The Kier molecular flexibility index (Phi) is 4.95. The van der Waals surface area contributed by atoms with Crippen molar-refractivity contribution in [2.75, 3.05) is 0 Å². The van der Waals surface area contributed by atoms with Crippen molar-refractivity contribution in [3.8, 4) is 0 Å². The number of benzene rings is 1. The van der Waals surface area contributed by atoms with Crippen LogP contribution in [0.3, 0.4) is 0 Å². The van der Waals surface area contributed by atoms with Crippen LogP contribution in [-0.2, 0) is 21.2 Å². The molecule has 1 aromatic heterocycles. The van der Waals surface area contributed by atoms with Gasteiger partial charge in [0.05, 0.1) is 10.6 Å². The van der Waals surface area contributed by atoms with Crippen molar-refractivity contribution in [3.63, 3.8) is 0 Å². The first-order valence-electron chi connectivity index (χ1n) is 8.69. The molecular weight excluding hydrogens is 334 g/mol. The van der Waals surface area contributed by atoms with E-state index in [0.29, 0.717) is 12.1 Å². The molecule has 5 heteroatoms. The SMILES string of the molecule is CCCC(=O)/C=C1\CCCc2ccn(S(=O)(=O)c3ccc(C)cc3)c21. The number of aromatic nitrogens is 1. The van der Waals surface area contributed by atoms with Crippen LogP contribution in [0, 0.1) is 6.92 Å². The fraction of sp³-hybridized carbons (Fsp3) is 0.350. The van der Waals surface area contributed by atoms with Gasteiger partial charge in [-0.3, -0.25) is 4.79 Å². The Labute approximate surface area is 149 Å². The largest absolute Gasteiger partial charge is 0.295 e. The summed E-state index contributed by atoms with van der Waals surface area (Å²) < 4.78 is 27.5. The molecule has 1 aliphatic carbocycles. The molecule has 3 rings (SSSR count). The van der Waals surface area contributed by atoms with Crippen LogP contribution in [0.1, 0.15) is 49.4 Å². The van der Waals surface area contributed by atoms with Crippen molar-refractivity contribution in [1.29, 1.82) is 0 Å². The molecule has 0 atom stereocenters. The minimum atomic E-state index is -3.67. The molecule has 0 spiro atoms. The fourth-order valence-electron chi connectivity index (χ4n) is 3.27. The predicted octanol–water partition coefficient (Wildman–Crippen LogP) is 4.12. The van der Waals surface area contributed by atoms with E-state index in [9.17, 15) is 13.2 Å². The van der Waals surface area contributed by atoms with Gasteiger partial charge in [0.1, 0.15) is 0 Å². The average molecular weight is 357 g/mol. The summed E-state index contributed by atoms with van der Waals surface area (Å²) in [5.74, 6) is 0.0610. The van der Waals surface area contributed by atoms with Gasteiger partial charge in [0, 0.05) is 12.6 Å². The molecule has 0 unspecified atom stereocenters. The van der Waals surface area contributed by atoms with E-state index in [1.807, 2.05) is 19.9 Å². The zero-order chi connectivity index (χ0) is 18.0. The first kappa shape index (κ1) is 17.7. The second-order valence-corrected chi connectivity index (χ2v) is 8.36. The van der Waals surface area contributed by atoms with Crippen LogP contribution in [0.5, 0.6) is 0 Å². The van der Waals surface area contributed by atoms with Gasteiger partial charge in [-0.05, 0) is 68.0 Å². The molecular formula is C20H23NO3S. The van der Waals surface area contributed by atoms with Crippen LogP contribution in [0.15, 0.2) is 47.5 Å². The Morgan fingerprint density at radius 1 is 1.16 bits per heavy atom. The van der Waals surface area contributed by atoms with Gasteiger partial charge < -0.3 is 0 Å². The molecule has 1 aliphatic rings. The molecule has 0 aliphatic heterocycles. The number of nitrogens with zero attached hydrogens (tertiary/aromatic N) is 1. The highest BCUT2D eigenvalue weighted by atomic mass is 32.2. The summed E-state index contributed by atoms with van der Waals surface area (Å²) in [6, 6.07) is 8.71. The van der Waals surface area contributed by atoms with E-state index < -0.39 is 10.0 Å². The standard InChI is InChI=1S/C20H23NO3S/c1-3-5-18(22)14-17-7-4-6-16-12-13-21(20(16)17)25(23,24)19-10-8-15(2)9-11-19/h8-14H,3-7H2,1-2H3/b17-14+. The first-order valence-corrected chi connectivity index (χ1v) is 10.1. The van der Waals surface area contributed by atoms with E-state index in [4.69, 9.17) is 0 Å². The van der Waals surface area contributed by atoms with Gasteiger partial charge in [-0.2, -0.15) is 0 Å². The number of fused-ring (bicyclic) bond motifs is 1. The van der Waals surface area contributed by atoms with Crippen LogP contribution >= 0.6 is 0 Å². The van der Waals surface area contributed by atoms with E-state index in [1.54, 1.807) is 36.5 Å². The zero-order valence-electron chi connectivity index (χ0n) is 14.7. The molecule has 0 amide bonds. The van der Waals surface area contributed by atoms with E-state index in [-0.39, 0.29) is 10.7 Å². The summed E-state index contributed by atoms with van der Waals surface area (Å²) in [5, 5.41) is 0. The summed E-state index contributed by atoms with van der Waals surface area (Å²) in [7, 11) is -3.67. The third kappa shape index (κ3) is 3.47. The molecule has 0 saturated carbocycles. The van der Waals surface area contributed by atoms with E-state index in [0.717, 1.165) is 42.4 Å². The van der Waals surface area contributed by atoms with E-state index in [1.165, 1.54) is 3.97 Å². The highest BCUT2D eigenvalue weighted by molar-refractivity contribution is 7.90. The summed E-state index contributed by atoms with van der Waals surface area (Å²) in [5.41, 5.74) is 3.52. The third-order valence-corrected chi connectivity index (χ3v) is 6.23.